The van der Waals surface area contributed by atoms with Crippen LogP contribution in [-0.2, 0) is 4.74 Å². The third-order valence-corrected chi connectivity index (χ3v) is 3.88. The number of morpholine rings is 1. The summed E-state index contributed by atoms with van der Waals surface area (Å²) in [7, 11) is 0. The standard InChI is InChI=1S/C19H25N5O2/c1-19(2,3)23-17(25)15-8-9-20-18(22-15)21-14-6-4-5-7-16(14)24-10-12-26-13-11-24/h4-9H,10-13H2,1-3H3,(H,23,25)(H,20,21,22). The van der Waals surface area contributed by atoms with E-state index in [2.05, 4.69) is 31.6 Å². The number of hydrogen-bond acceptors (Lipinski definition) is 6. The van der Waals surface area contributed by atoms with E-state index in [1.165, 1.54) is 0 Å². The maximum Gasteiger partial charge on any atom is 0.270 e. The SMILES string of the molecule is CC(C)(C)NC(=O)c1ccnc(Nc2ccccc2N2CCOCC2)n1. The summed E-state index contributed by atoms with van der Waals surface area (Å²) >= 11 is 0. The van der Waals surface area contributed by atoms with Gasteiger partial charge in [-0.15, -0.1) is 0 Å². The molecule has 0 saturated carbocycles. The molecule has 2 aromatic rings. The van der Waals surface area contributed by atoms with Crippen LogP contribution in [-0.4, -0.2) is 47.7 Å². The Kier molecular flexibility index (Phi) is 5.37. The average molecular weight is 355 g/mol. The van der Waals surface area contributed by atoms with Crippen LogP contribution in [0.15, 0.2) is 36.5 Å². The first-order chi connectivity index (χ1) is 12.4. The van der Waals surface area contributed by atoms with Gasteiger partial charge < -0.3 is 20.3 Å². The number of para-hydroxylation sites is 2. The topological polar surface area (TPSA) is 79.4 Å². The second kappa shape index (κ2) is 7.70. The Labute approximate surface area is 153 Å². The lowest BCUT2D eigenvalue weighted by Gasteiger charge is -2.30. The number of amides is 1. The molecule has 1 saturated heterocycles. The monoisotopic (exact) mass is 355 g/mol. The van der Waals surface area contributed by atoms with E-state index in [-0.39, 0.29) is 11.4 Å². The van der Waals surface area contributed by atoms with Crippen molar-refractivity contribution in [2.75, 3.05) is 36.5 Å². The number of aromatic nitrogens is 2. The zero-order valence-electron chi connectivity index (χ0n) is 15.5. The van der Waals surface area contributed by atoms with Crippen LogP contribution in [0.1, 0.15) is 31.3 Å². The van der Waals surface area contributed by atoms with Crippen molar-refractivity contribution in [2.24, 2.45) is 0 Å². The summed E-state index contributed by atoms with van der Waals surface area (Å²) in [5.41, 5.74) is 1.99. The number of hydrogen-bond donors (Lipinski definition) is 2. The molecule has 138 valence electrons. The summed E-state index contributed by atoms with van der Waals surface area (Å²) in [6, 6.07) is 9.62. The first-order valence-corrected chi connectivity index (χ1v) is 8.77. The molecule has 1 aliphatic heterocycles. The molecule has 0 unspecified atom stereocenters. The molecule has 1 aliphatic rings. The van der Waals surface area contributed by atoms with Gasteiger partial charge in [0.05, 0.1) is 24.6 Å². The van der Waals surface area contributed by atoms with E-state index in [4.69, 9.17) is 4.74 Å². The second-order valence-electron chi connectivity index (χ2n) is 7.21. The average Bonchev–Trinajstić information content (AvgIpc) is 2.62. The summed E-state index contributed by atoms with van der Waals surface area (Å²) in [4.78, 5) is 23.2. The van der Waals surface area contributed by atoms with Crippen molar-refractivity contribution in [1.82, 2.24) is 15.3 Å². The van der Waals surface area contributed by atoms with E-state index in [0.717, 1.165) is 24.5 Å². The normalized spacial score (nSPS) is 14.8. The first kappa shape index (κ1) is 18.1. The molecule has 3 rings (SSSR count). The van der Waals surface area contributed by atoms with E-state index in [0.29, 0.717) is 24.9 Å². The largest absolute Gasteiger partial charge is 0.378 e. The first-order valence-electron chi connectivity index (χ1n) is 8.77. The minimum Gasteiger partial charge on any atom is -0.378 e. The summed E-state index contributed by atoms with van der Waals surface area (Å²) in [5.74, 6) is 0.177. The number of anilines is 3. The van der Waals surface area contributed by atoms with Gasteiger partial charge >= 0.3 is 0 Å². The number of nitrogens with zero attached hydrogens (tertiary/aromatic N) is 3. The van der Waals surface area contributed by atoms with Gasteiger partial charge in [-0.05, 0) is 39.0 Å². The highest BCUT2D eigenvalue weighted by molar-refractivity contribution is 5.93. The number of ether oxygens (including phenoxy) is 1. The molecule has 0 spiro atoms. The van der Waals surface area contributed by atoms with Gasteiger partial charge in [0.25, 0.3) is 5.91 Å². The maximum atomic E-state index is 12.3. The summed E-state index contributed by atoms with van der Waals surface area (Å²) in [6.07, 6.45) is 1.59. The van der Waals surface area contributed by atoms with E-state index in [1.54, 1.807) is 12.3 Å². The fraction of sp³-hybridized carbons (Fsp3) is 0.421. The van der Waals surface area contributed by atoms with Crippen molar-refractivity contribution in [1.29, 1.82) is 0 Å². The lowest BCUT2D eigenvalue weighted by atomic mass is 10.1. The zero-order valence-corrected chi connectivity index (χ0v) is 15.5. The molecular formula is C19H25N5O2. The van der Waals surface area contributed by atoms with Crippen LogP contribution in [0.4, 0.5) is 17.3 Å². The number of nitrogens with one attached hydrogen (secondary N) is 2. The molecule has 0 aliphatic carbocycles. The van der Waals surface area contributed by atoms with E-state index >= 15 is 0 Å². The van der Waals surface area contributed by atoms with Crippen molar-refractivity contribution in [3.8, 4) is 0 Å². The molecule has 26 heavy (non-hydrogen) atoms. The molecule has 1 aromatic carbocycles. The Morgan fingerprint density at radius 2 is 1.88 bits per heavy atom. The molecule has 7 heteroatoms. The van der Waals surface area contributed by atoms with E-state index in [9.17, 15) is 4.79 Å². The van der Waals surface area contributed by atoms with Crippen molar-refractivity contribution in [2.45, 2.75) is 26.3 Å². The minimum absolute atomic E-state index is 0.218. The predicted molar refractivity (Wildman–Crippen MR) is 102 cm³/mol. The van der Waals surface area contributed by atoms with Gasteiger partial charge in [0.1, 0.15) is 5.69 Å². The third kappa shape index (κ3) is 4.70. The Morgan fingerprint density at radius 3 is 2.62 bits per heavy atom. The number of carbonyl (C=O) groups is 1. The fourth-order valence-electron chi connectivity index (χ4n) is 2.73. The summed E-state index contributed by atoms with van der Waals surface area (Å²) < 4.78 is 5.43. The number of benzene rings is 1. The number of rotatable bonds is 4. The quantitative estimate of drug-likeness (QED) is 0.878. The summed E-state index contributed by atoms with van der Waals surface area (Å²) in [5, 5.41) is 6.15. The van der Waals surface area contributed by atoms with Crippen LogP contribution in [0.3, 0.4) is 0 Å². The lowest BCUT2D eigenvalue weighted by Crippen LogP contribution is -2.41. The third-order valence-electron chi connectivity index (χ3n) is 3.88. The van der Waals surface area contributed by atoms with Gasteiger partial charge in [0, 0.05) is 24.8 Å². The summed E-state index contributed by atoms with van der Waals surface area (Å²) in [6.45, 7) is 8.92. The van der Waals surface area contributed by atoms with E-state index in [1.807, 2.05) is 39.0 Å². The molecule has 1 amide bonds. The fourth-order valence-corrected chi connectivity index (χ4v) is 2.73. The highest BCUT2D eigenvalue weighted by Crippen LogP contribution is 2.28. The van der Waals surface area contributed by atoms with Crippen LogP contribution >= 0.6 is 0 Å². The highest BCUT2D eigenvalue weighted by Gasteiger charge is 2.18. The van der Waals surface area contributed by atoms with E-state index < -0.39 is 0 Å². The van der Waals surface area contributed by atoms with Gasteiger partial charge in [-0.1, -0.05) is 12.1 Å². The molecule has 2 N–H and O–H groups in total. The predicted octanol–water partition coefficient (Wildman–Crippen LogP) is 2.59. The van der Waals surface area contributed by atoms with Crippen molar-refractivity contribution >= 4 is 23.2 Å². The van der Waals surface area contributed by atoms with Crippen molar-refractivity contribution in [3.63, 3.8) is 0 Å². The van der Waals surface area contributed by atoms with Crippen LogP contribution < -0.4 is 15.5 Å². The van der Waals surface area contributed by atoms with Crippen LogP contribution in [0.5, 0.6) is 0 Å². The van der Waals surface area contributed by atoms with Gasteiger partial charge in [0.15, 0.2) is 0 Å². The van der Waals surface area contributed by atoms with Crippen LogP contribution in [0, 0.1) is 0 Å². The molecule has 0 radical (unpaired) electrons. The van der Waals surface area contributed by atoms with Crippen LogP contribution in [0.2, 0.25) is 0 Å². The van der Waals surface area contributed by atoms with Gasteiger partial charge in [-0.3, -0.25) is 4.79 Å². The Morgan fingerprint density at radius 1 is 1.15 bits per heavy atom. The maximum absolute atomic E-state index is 12.3. The lowest BCUT2D eigenvalue weighted by molar-refractivity contribution is 0.0914. The molecule has 2 heterocycles. The van der Waals surface area contributed by atoms with Crippen molar-refractivity contribution in [3.05, 3.63) is 42.2 Å². The molecule has 0 atom stereocenters. The van der Waals surface area contributed by atoms with Gasteiger partial charge in [-0.2, -0.15) is 0 Å². The Bertz CT molecular complexity index is 767. The van der Waals surface area contributed by atoms with Crippen molar-refractivity contribution < 1.29 is 9.53 Å². The number of carbonyl (C=O) groups excluding carboxylic acids is 1. The smallest absolute Gasteiger partial charge is 0.270 e. The van der Waals surface area contributed by atoms with Crippen LogP contribution in [0.25, 0.3) is 0 Å². The van der Waals surface area contributed by atoms with Gasteiger partial charge in [-0.25, -0.2) is 9.97 Å². The minimum atomic E-state index is -0.321. The molecule has 0 bridgehead atoms. The molecule has 1 fully saturated rings. The molecule has 1 aromatic heterocycles. The Hall–Kier alpha value is -2.67. The highest BCUT2D eigenvalue weighted by atomic mass is 16.5. The second-order valence-corrected chi connectivity index (χ2v) is 7.21. The zero-order chi connectivity index (χ0) is 18.6. The molecular weight excluding hydrogens is 330 g/mol. The molecule has 7 nitrogen and oxygen atoms in total. The van der Waals surface area contributed by atoms with Gasteiger partial charge in [0.2, 0.25) is 5.95 Å². The Balaban J connectivity index is 1.79.